The third-order valence-corrected chi connectivity index (χ3v) is 6.44. The lowest BCUT2D eigenvalue weighted by atomic mass is 10.1. The number of carbonyl (C=O) groups excluding carboxylic acids is 1. The molecule has 0 spiro atoms. The fourth-order valence-corrected chi connectivity index (χ4v) is 4.77. The highest BCUT2D eigenvalue weighted by Crippen LogP contribution is 2.30. The van der Waals surface area contributed by atoms with Crippen molar-refractivity contribution in [3.8, 4) is 23.1 Å². The van der Waals surface area contributed by atoms with Gasteiger partial charge in [0.1, 0.15) is 5.56 Å². The second-order valence-corrected chi connectivity index (χ2v) is 8.51. The molecule has 9 heteroatoms. The smallest absolute Gasteiger partial charge is 0.284 e. The molecule has 1 aromatic rings. The Kier molecular flexibility index (Phi) is 6.37. The average Bonchev–Trinajstić information content (AvgIpc) is 2.96. The lowest BCUT2D eigenvalue weighted by Crippen LogP contribution is -2.29. The van der Waals surface area contributed by atoms with Crippen LogP contribution in [0.15, 0.2) is 40.3 Å². The van der Waals surface area contributed by atoms with Crippen molar-refractivity contribution in [3.63, 3.8) is 0 Å². The van der Waals surface area contributed by atoms with E-state index in [4.69, 9.17) is 10.2 Å². The highest BCUT2D eigenvalue weighted by Gasteiger charge is 2.27. The van der Waals surface area contributed by atoms with Crippen molar-refractivity contribution in [2.24, 2.45) is 0 Å². The zero-order valence-electron chi connectivity index (χ0n) is 17.5. The van der Waals surface area contributed by atoms with Gasteiger partial charge >= 0.3 is 0 Å². The zero-order chi connectivity index (χ0) is 21.8. The van der Waals surface area contributed by atoms with E-state index in [1.54, 1.807) is 11.9 Å². The lowest BCUT2D eigenvalue weighted by molar-refractivity contribution is -0.127. The molecular weight excluding hydrogens is 412 g/mol. The molecule has 31 heavy (non-hydrogen) atoms. The van der Waals surface area contributed by atoms with Crippen molar-refractivity contribution in [1.29, 1.82) is 5.26 Å². The number of hydrogen-bond donors (Lipinski definition) is 0. The van der Waals surface area contributed by atoms with E-state index in [0.717, 1.165) is 37.9 Å². The Hall–Kier alpha value is -3.12. The van der Waals surface area contributed by atoms with E-state index in [2.05, 4.69) is 15.7 Å². The molecule has 3 aliphatic rings. The quantitative estimate of drug-likeness (QED) is 0.435. The monoisotopic (exact) mass is 436 g/mol. The molecule has 1 aromatic carbocycles. The standard InChI is InChI=1S/C22H24N6O2S/c1-26(13-8-12-23)18(29)15-31-22-24-20-19(17-11-6-3-7-14-27(17)22)21(30)28(25-20)16-9-4-2-5-10-16/h2,4-5,9-10H,3,6-8,11,13-15H2,1H3. The molecule has 0 atom stereocenters. The summed E-state index contributed by atoms with van der Waals surface area (Å²) in [7, 11) is 1.70. The second-order valence-electron chi connectivity index (χ2n) is 7.57. The molecule has 0 N–H and O–H groups in total. The Morgan fingerprint density at radius 2 is 2.06 bits per heavy atom. The topological polar surface area (TPSA) is 96.8 Å². The number of nitrogens with zero attached hydrogens (tertiary/aromatic N) is 6. The first-order valence-corrected chi connectivity index (χ1v) is 11.4. The number of nitriles is 1. The maximum atomic E-state index is 13.2. The highest BCUT2D eigenvalue weighted by molar-refractivity contribution is 7.99. The Bertz CT molecular complexity index is 1150. The first-order chi connectivity index (χ1) is 15.1. The van der Waals surface area contributed by atoms with Crippen molar-refractivity contribution in [1.82, 2.24) is 24.2 Å². The van der Waals surface area contributed by atoms with Crippen LogP contribution in [0.5, 0.6) is 0 Å². The van der Waals surface area contributed by atoms with E-state index < -0.39 is 0 Å². The molecule has 8 nitrogen and oxygen atoms in total. The SMILES string of the molecule is CN(CCC#N)C(=O)CSc1nc2nn(-c3ccccc3)c(=O)c-2c2n1CCCCC2. The van der Waals surface area contributed by atoms with Gasteiger partial charge in [-0.3, -0.25) is 9.59 Å². The normalized spacial score (nSPS) is 13.4. The van der Waals surface area contributed by atoms with E-state index in [9.17, 15) is 9.59 Å². The summed E-state index contributed by atoms with van der Waals surface area (Å²) in [4.78, 5) is 32.0. The number of carbonyl (C=O) groups is 1. The number of para-hydroxylation sites is 1. The van der Waals surface area contributed by atoms with Gasteiger partial charge in [0.15, 0.2) is 11.0 Å². The maximum Gasteiger partial charge on any atom is 0.284 e. The van der Waals surface area contributed by atoms with Crippen LogP contribution in [0.3, 0.4) is 0 Å². The van der Waals surface area contributed by atoms with E-state index in [0.29, 0.717) is 35.2 Å². The molecule has 160 valence electrons. The van der Waals surface area contributed by atoms with Crippen LogP contribution in [0.25, 0.3) is 17.1 Å². The van der Waals surface area contributed by atoms with Crippen LogP contribution >= 0.6 is 11.8 Å². The predicted octanol–water partition coefficient (Wildman–Crippen LogP) is 2.72. The van der Waals surface area contributed by atoms with Crippen LogP contribution in [-0.2, 0) is 17.8 Å². The summed E-state index contributed by atoms with van der Waals surface area (Å²) in [5.74, 6) is 0.600. The molecule has 0 saturated carbocycles. The van der Waals surface area contributed by atoms with E-state index in [1.165, 1.54) is 16.4 Å². The van der Waals surface area contributed by atoms with Gasteiger partial charge in [0.2, 0.25) is 5.91 Å². The Labute approximate surface area is 184 Å². The van der Waals surface area contributed by atoms with Crippen LogP contribution in [0.4, 0.5) is 0 Å². The molecule has 0 unspecified atom stereocenters. The molecule has 0 aliphatic carbocycles. The first kappa shape index (κ1) is 21.1. The number of aromatic nitrogens is 4. The maximum absolute atomic E-state index is 13.2. The van der Waals surface area contributed by atoms with Crippen LogP contribution in [0.1, 0.15) is 31.4 Å². The summed E-state index contributed by atoms with van der Waals surface area (Å²) in [6, 6.07) is 11.4. The molecule has 4 rings (SSSR count). The minimum atomic E-state index is -0.150. The summed E-state index contributed by atoms with van der Waals surface area (Å²) in [5.41, 5.74) is 2.10. The van der Waals surface area contributed by atoms with Gasteiger partial charge in [-0.25, -0.2) is 4.98 Å². The fourth-order valence-electron chi connectivity index (χ4n) is 3.79. The third-order valence-electron chi connectivity index (χ3n) is 5.48. The molecule has 0 radical (unpaired) electrons. The van der Waals surface area contributed by atoms with Gasteiger partial charge in [-0.05, 0) is 31.4 Å². The number of rotatable bonds is 6. The number of benzene rings is 1. The van der Waals surface area contributed by atoms with Gasteiger partial charge in [-0.2, -0.15) is 9.94 Å². The van der Waals surface area contributed by atoms with Crippen molar-refractivity contribution < 1.29 is 4.79 Å². The molecule has 0 bridgehead atoms. The Morgan fingerprint density at radius 1 is 1.26 bits per heavy atom. The second kappa shape index (κ2) is 9.35. The van der Waals surface area contributed by atoms with Crippen molar-refractivity contribution in [2.45, 2.75) is 43.8 Å². The molecule has 0 aromatic heterocycles. The largest absolute Gasteiger partial charge is 0.344 e. The van der Waals surface area contributed by atoms with Crippen molar-refractivity contribution >= 4 is 17.7 Å². The molecule has 0 saturated heterocycles. The van der Waals surface area contributed by atoms with Crippen LogP contribution in [0, 0.1) is 11.3 Å². The zero-order valence-corrected chi connectivity index (χ0v) is 18.3. The van der Waals surface area contributed by atoms with Crippen molar-refractivity contribution in [3.05, 3.63) is 46.4 Å². The minimum absolute atomic E-state index is 0.0514. The number of amides is 1. The molecule has 3 aliphatic heterocycles. The fraction of sp³-hybridized carbons (Fsp3) is 0.409. The molecular formula is C22H24N6O2S. The van der Waals surface area contributed by atoms with Gasteiger partial charge in [0.25, 0.3) is 5.56 Å². The average molecular weight is 437 g/mol. The molecule has 3 heterocycles. The van der Waals surface area contributed by atoms with E-state index >= 15 is 0 Å². The number of hydrogen-bond acceptors (Lipinski definition) is 6. The minimum Gasteiger partial charge on any atom is -0.344 e. The summed E-state index contributed by atoms with van der Waals surface area (Å²) in [6.45, 7) is 1.18. The van der Waals surface area contributed by atoms with Crippen molar-refractivity contribution in [2.75, 3.05) is 19.3 Å². The Balaban J connectivity index is 1.72. The summed E-state index contributed by atoms with van der Waals surface area (Å²) >= 11 is 1.37. The Morgan fingerprint density at radius 3 is 2.84 bits per heavy atom. The summed E-state index contributed by atoms with van der Waals surface area (Å²) in [5, 5.41) is 14.0. The number of thioether (sulfide) groups is 1. The third kappa shape index (κ3) is 4.35. The van der Waals surface area contributed by atoms with Gasteiger partial charge < -0.3 is 9.47 Å². The molecule has 1 amide bonds. The van der Waals surface area contributed by atoms with Crippen LogP contribution < -0.4 is 5.56 Å². The van der Waals surface area contributed by atoms with Gasteiger partial charge in [-0.15, -0.1) is 5.10 Å². The molecule has 0 fully saturated rings. The van der Waals surface area contributed by atoms with E-state index in [-0.39, 0.29) is 17.2 Å². The summed E-state index contributed by atoms with van der Waals surface area (Å²) in [6.07, 6.45) is 4.21. The van der Waals surface area contributed by atoms with Gasteiger partial charge in [0, 0.05) is 25.8 Å². The van der Waals surface area contributed by atoms with E-state index in [1.807, 2.05) is 30.3 Å². The predicted molar refractivity (Wildman–Crippen MR) is 118 cm³/mol. The highest BCUT2D eigenvalue weighted by atomic mass is 32.2. The van der Waals surface area contributed by atoms with Gasteiger partial charge in [0.05, 0.1) is 23.9 Å². The van der Waals surface area contributed by atoms with Crippen LogP contribution in [0.2, 0.25) is 0 Å². The number of fused-ring (bicyclic) bond motifs is 3. The van der Waals surface area contributed by atoms with Crippen LogP contribution in [-0.4, -0.2) is 49.5 Å². The first-order valence-electron chi connectivity index (χ1n) is 10.4. The van der Waals surface area contributed by atoms with Gasteiger partial charge in [-0.1, -0.05) is 36.4 Å². The lowest BCUT2D eigenvalue weighted by Gasteiger charge is -2.19. The summed E-state index contributed by atoms with van der Waals surface area (Å²) < 4.78 is 3.51.